The maximum Gasteiger partial charge on any atom is 0.310 e. The van der Waals surface area contributed by atoms with Gasteiger partial charge in [-0.2, -0.15) is 0 Å². The fraction of sp³-hybridized carbons (Fsp3) is 0.212. The lowest BCUT2D eigenvalue weighted by atomic mass is 9.90. The van der Waals surface area contributed by atoms with E-state index in [0.29, 0.717) is 60.6 Å². The SMILES string of the molecule is COc1cc2c(cc1CCCn1cc3ccccc3cc1=O)NC(=O)C1=C(C=C(c3ccc([N+](=O)[O-])c(OC)c3)CC1)N2. The average Bonchev–Trinajstić information content (AvgIpc) is 3.15. The number of carbonyl (C=O) groups excluding carboxylic acids is 1. The minimum absolute atomic E-state index is 0.0414. The van der Waals surface area contributed by atoms with Crippen LogP contribution in [0.4, 0.5) is 17.1 Å². The first-order chi connectivity index (χ1) is 20.8. The van der Waals surface area contributed by atoms with Crippen LogP contribution in [0, 0.1) is 10.1 Å². The zero-order chi connectivity index (χ0) is 30.1. The molecule has 0 saturated carbocycles. The van der Waals surface area contributed by atoms with Crippen molar-refractivity contribution in [3.8, 4) is 11.5 Å². The van der Waals surface area contributed by atoms with Gasteiger partial charge in [0.15, 0.2) is 5.75 Å². The summed E-state index contributed by atoms with van der Waals surface area (Å²) in [4.78, 5) is 36.8. The summed E-state index contributed by atoms with van der Waals surface area (Å²) < 4.78 is 12.7. The average molecular weight is 579 g/mol. The van der Waals surface area contributed by atoms with Crippen molar-refractivity contribution in [3.63, 3.8) is 0 Å². The molecule has 0 bridgehead atoms. The fourth-order valence-corrected chi connectivity index (χ4v) is 5.71. The second-order valence-corrected chi connectivity index (χ2v) is 10.5. The van der Waals surface area contributed by atoms with Crippen LogP contribution >= 0.6 is 0 Å². The monoisotopic (exact) mass is 578 g/mol. The van der Waals surface area contributed by atoms with Gasteiger partial charge in [0.25, 0.3) is 11.5 Å². The van der Waals surface area contributed by atoms with Crippen molar-refractivity contribution in [2.45, 2.75) is 32.2 Å². The molecule has 2 N–H and O–H groups in total. The quantitative estimate of drug-likeness (QED) is 0.192. The Hall–Kier alpha value is -5.38. The number of nitro benzene ring substituents is 1. The summed E-state index contributed by atoms with van der Waals surface area (Å²) in [5.74, 6) is 0.676. The Morgan fingerprint density at radius 1 is 0.907 bits per heavy atom. The van der Waals surface area contributed by atoms with Gasteiger partial charge in [-0.1, -0.05) is 24.3 Å². The molecular formula is C33H30N4O6. The topological polar surface area (TPSA) is 125 Å². The van der Waals surface area contributed by atoms with Crippen molar-refractivity contribution in [1.82, 2.24) is 4.57 Å². The van der Waals surface area contributed by atoms with E-state index in [1.54, 1.807) is 29.9 Å². The van der Waals surface area contributed by atoms with Gasteiger partial charge in [-0.05, 0) is 77.4 Å². The summed E-state index contributed by atoms with van der Waals surface area (Å²) in [6, 6.07) is 18.0. The van der Waals surface area contributed by atoms with Crippen LogP contribution in [0.1, 0.15) is 30.4 Å². The summed E-state index contributed by atoms with van der Waals surface area (Å²) >= 11 is 0. The van der Waals surface area contributed by atoms with Crippen LogP contribution in [-0.4, -0.2) is 29.6 Å². The van der Waals surface area contributed by atoms with E-state index in [1.165, 1.54) is 13.2 Å². The number of amides is 1. The molecule has 4 aromatic rings. The van der Waals surface area contributed by atoms with Crippen molar-refractivity contribution < 1.29 is 19.2 Å². The predicted molar refractivity (Wildman–Crippen MR) is 166 cm³/mol. The summed E-state index contributed by atoms with van der Waals surface area (Å²) in [6.07, 6.45) is 6.24. The molecule has 10 nitrogen and oxygen atoms in total. The molecule has 218 valence electrons. The van der Waals surface area contributed by atoms with E-state index in [-0.39, 0.29) is 22.9 Å². The molecule has 10 heteroatoms. The van der Waals surface area contributed by atoms with Crippen LogP contribution in [-0.2, 0) is 17.8 Å². The van der Waals surface area contributed by atoms with E-state index >= 15 is 0 Å². The van der Waals surface area contributed by atoms with E-state index < -0.39 is 4.92 Å². The van der Waals surface area contributed by atoms with E-state index in [9.17, 15) is 19.7 Å². The first-order valence-corrected chi connectivity index (χ1v) is 14.0. The molecule has 2 aliphatic rings. The van der Waals surface area contributed by atoms with Crippen molar-refractivity contribution in [3.05, 3.63) is 116 Å². The molecule has 1 amide bonds. The minimum atomic E-state index is -0.475. The highest BCUT2D eigenvalue weighted by Gasteiger charge is 2.26. The fourth-order valence-electron chi connectivity index (χ4n) is 5.71. The van der Waals surface area contributed by atoms with Gasteiger partial charge in [0.05, 0.1) is 30.5 Å². The zero-order valence-corrected chi connectivity index (χ0v) is 23.8. The van der Waals surface area contributed by atoms with Gasteiger partial charge < -0.3 is 24.7 Å². The third-order valence-corrected chi connectivity index (χ3v) is 7.95. The largest absolute Gasteiger partial charge is 0.496 e. The molecular weight excluding hydrogens is 548 g/mol. The van der Waals surface area contributed by atoms with Gasteiger partial charge in [0.2, 0.25) is 0 Å². The number of nitro groups is 1. The molecule has 1 aliphatic carbocycles. The third-order valence-electron chi connectivity index (χ3n) is 7.95. The van der Waals surface area contributed by atoms with Crippen LogP contribution in [0.5, 0.6) is 11.5 Å². The first-order valence-electron chi connectivity index (χ1n) is 14.0. The van der Waals surface area contributed by atoms with Gasteiger partial charge in [-0.25, -0.2) is 0 Å². The lowest BCUT2D eigenvalue weighted by Crippen LogP contribution is -2.18. The zero-order valence-electron chi connectivity index (χ0n) is 23.8. The highest BCUT2D eigenvalue weighted by Crippen LogP contribution is 2.40. The molecule has 0 unspecified atom stereocenters. The third kappa shape index (κ3) is 5.46. The summed E-state index contributed by atoms with van der Waals surface area (Å²) in [6.45, 7) is 0.547. The maximum absolute atomic E-state index is 13.3. The predicted octanol–water partition coefficient (Wildman–Crippen LogP) is 6.06. The van der Waals surface area contributed by atoms with E-state index in [2.05, 4.69) is 10.6 Å². The molecule has 1 aromatic heterocycles. The van der Waals surface area contributed by atoms with Crippen molar-refractivity contribution >= 4 is 39.3 Å². The van der Waals surface area contributed by atoms with Crippen molar-refractivity contribution in [2.24, 2.45) is 0 Å². The van der Waals surface area contributed by atoms with Gasteiger partial charge in [0.1, 0.15) is 5.75 Å². The number of hydrogen-bond acceptors (Lipinski definition) is 7. The summed E-state index contributed by atoms with van der Waals surface area (Å²) in [5, 5.41) is 19.7. The number of nitrogens with zero attached hydrogens (tertiary/aromatic N) is 2. The molecule has 0 fully saturated rings. The molecule has 3 aromatic carbocycles. The number of anilines is 2. The maximum atomic E-state index is 13.3. The number of ether oxygens (including phenoxy) is 2. The Balaban J connectivity index is 1.24. The molecule has 2 heterocycles. The molecule has 6 rings (SSSR count). The van der Waals surface area contributed by atoms with Crippen molar-refractivity contribution in [1.29, 1.82) is 0 Å². The Morgan fingerprint density at radius 3 is 2.44 bits per heavy atom. The normalized spacial score (nSPS) is 14.2. The number of carbonyl (C=O) groups is 1. The molecule has 0 radical (unpaired) electrons. The van der Waals surface area contributed by atoms with Crippen molar-refractivity contribution in [2.75, 3.05) is 24.9 Å². The standard InChI is InChI=1S/C33H30N4O6/c1-42-30-18-28-27(15-23(30)8-5-13-36-19-24-7-4-3-6-20(24)17-32(36)38)35-33(39)25-11-9-21(14-26(25)34-28)22-10-12-29(37(40)41)31(16-22)43-2/h3-4,6-7,10,12,14-19,34H,5,8-9,11,13H2,1-2H3,(H,35,39). The van der Waals surface area contributed by atoms with Gasteiger partial charge in [0, 0.05) is 42.2 Å². The number of aromatic nitrogens is 1. The number of aryl methyl sites for hydroxylation is 2. The highest BCUT2D eigenvalue weighted by molar-refractivity contribution is 6.09. The molecule has 0 spiro atoms. The number of nitrogens with one attached hydrogen (secondary N) is 2. The molecule has 1 aliphatic heterocycles. The lowest BCUT2D eigenvalue weighted by molar-refractivity contribution is -0.385. The van der Waals surface area contributed by atoms with Crippen LogP contribution in [0.3, 0.4) is 0 Å². The van der Waals surface area contributed by atoms with Gasteiger partial charge in [-0.3, -0.25) is 19.7 Å². The number of pyridine rings is 1. The van der Waals surface area contributed by atoms with E-state index in [0.717, 1.165) is 27.5 Å². The van der Waals surface area contributed by atoms with Gasteiger partial charge in [-0.15, -0.1) is 0 Å². The Kier molecular flexibility index (Phi) is 7.41. The van der Waals surface area contributed by atoms with E-state index in [1.807, 2.05) is 48.7 Å². The second kappa shape index (κ2) is 11.5. The van der Waals surface area contributed by atoms with Crippen LogP contribution in [0.25, 0.3) is 16.3 Å². The van der Waals surface area contributed by atoms with Crippen LogP contribution < -0.4 is 25.7 Å². The van der Waals surface area contributed by atoms with Crippen LogP contribution in [0.15, 0.2) is 89.0 Å². The number of rotatable bonds is 8. The molecule has 43 heavy (non-hydrogen) atoms. The Morgan fingerprint density at radius 2 is 1.67 bits per heavy atom. The molecule has 0 saturated heterocycles. The molecule has 0 atom stereocenters. The Bertz CT molecular complexity index is 1910. The second-order valence-electron chi connectivity index (χ2n) is 10.5. The lowest BCUT2D eigenvalue weighted by Gasteiger charge is -2.19. The number of methoxy groups -OCH3 is 2. The summed E-state index contributed by atoms with van der Waals surface area (Å²) in [7, 11) is 3.01. The number of hydrogen-bond donors (Lipinski definition) is 2. The smallest absolute Gasteiger partial charge is 0.310 e. The Labute approximate surface area is 247 Å². The van der Waals surface area contributed by atoms with Crippen LogP contribution in [0.2, 0.25) is 0 Å². The van der Waals surface area contributed by atoms with E-state index in [4.69, 9.17) is 9.47 Å². The minimum Gasteiger partial charge on any atom is -0.496 e. The number of allylic oxidation sites excluding steroid dienone is 2. The number of fused-ring (bicyclic) bond motifs is 2. The number of benzene rings is 3. The van der Waals surface area contributed by atoms with Gasteiger partial charge >= 0.3 is 5.69 Å². The first kappa shape index (κ1) is 27.8. The highest BCUT2D eigenvalue weighted by atomic mass is 16.6. The summed E-state index contributed by atoms with van der Waals surface area (Å²) in [5.41, 5.74) is 5.14.